The van der Waals surface area contributed by atoms with E-state index < -0.39 is 15.3 Å². The zero-order chi connectivity index (χ0) is 32.4. The van der Waals surface area contributed by atoms with E-state index in [1.165, 1.54) is 122 Å². The Morgan fingerprint density at radius 1 is 0.556 bits per heavy atom. The van der Waals surface area contributed by atoms with Crippen LogP contribution in [0.25, 0.3) is 12.2 Å². The van der Waals surface area contributed by atoms with Gasteiger partial charge in [-0.15, -0.1) is 0 Å². The van der Waals surface area contributed by atoms with Crippen LogP contribution in [0.15, 0.2) is 53.4 Å². The molecule has 0 fully saturated rings. The molecule has 254 valence electrons. The third-order valence-corrected chi connectivity index (χ3v) is 10.6. The summed E-state index contributed by atoms with van der Waals surface area (Å²) >= 11 is 0. The molecule has 1 atom stereocenters. The summed E-state index contributed by atoms with van der Waals surface area (Å²) in [5.74, 6) is 0.894. The molecule has 1 unspecified atom stereocenters. The molecule has 45 heavy (non-hydrogen) atoms. The highest BCUT2D eigenvalue weighted by atomic mass is 32.2. The fourth-order valence-electron chi connectivity index (χ4n) is 5.74. The first-order chi connectivity index (χ1) is 22.0. The number of hydrogen-bond acceptors (Lipinski definition) is 4. The molecule has 0 saturated heterocycles. The maximum Gasteiger partial charge on any atom is 0.204 e. The van der Waals surface area contributed by atoms with Crippen LogP contribution in [-0.4, -0.2) is 25.6 Å². The minimum absolute atomic E-state index is 0.155. The minimum Gasteiger partial charge on any atom is -0.494 e. The SMILES string of the molecule is CCCCCCCCCCCCCCCCCCCCCCOc1ccc(C=Cc2ccc(S(=O)(=O)C(O)CCC)cc2)cc1. The molecule has 2 aromatic rings. The summed E-state index contributed by atoms with van der Waals surface area (Å²) in [4.78, 5) is 0.155. The van der Waals surface area contributed by atoms with Crippen molar-refractivity contribution in [2.75, 3.05) is 6.61 Å². The number of benzene rings is 2. The zero-order valence-electron chi connectivity index (χ0n) is 28.7. The summed E-state index contributed by atoms with van der Waals surface area (Å²) in [6.45, 7) is 4.91. The normalized spacial score (nSPS) is 12.6. The molecule has 4 nitrogen and oxygen atoms in total. The van der Waals surface area contributed by atoms with Crippen molar-refractivity contribution < 1.29 is 18.3 Å². The van der Waals surface area contributed by atoms with E-state index in [0.717, 1.165) is 29.9 Å². The fourth-order valence-corrected chi connectivity index (χ4v) is 7.12. The number of aliphatic hydroxyl groups excluding tert-OH is 1. The van der Waals surface area contributed by atoms with Gasteiger partial charge < -0.3 is 9.84 Å². The van der Waals surface area contributed by atoms with E-state index in [4.69, 9.17) is 4.74 Å². The van der Waals surface area contributed by atoms with E-state index in [9.17, 15) is 13.5 Å². The molecule has 0 amide bonds. The lowest BCUT2D eigenvalue weighted by atomic mass is 10.0. The van der Waals surface area contributed by atoms with Gasteiger partial charge in [-0.25, -0.2) is 8.42 Å². The molecule has 0 aliphatic carbocycles. The fraction of sp³-hybridized carbons (Fsp3) is 0.650. The van der Waals surface area contributed by atoms with Crippen molar-refractivity contribution in [2.45, 2.75) is 165 Å². The molecule has 0 aliphatic heterocycles. The molecule has 0 aromatic heterocycles. The Hall–Kier alpha value is -2.11. The summed E-state index contributed by atoms with van der Waals surface area (Å²) in [6, 6.07) is 14.7. The van der Waals surface area contributed by atoms with Crippen molar-refractivity contribution in [3.8, 4) is 5.75 Å². The first-order valence-corrected chi connectivity index (χ1v) is 19.9. The quantitative estimate of drug-likeness (QED) is 0.0742. The summed E-state index contributed by atoms with van der Waals surface area (Å²) in [5.41, 5.74) is 0.605. The summed E-state index contributed by atoms with van der Waals surface area (Å²) in [5, 5.41) is 9.95. The van der Waals surface area contributed by atoms with Gasteiger partial charge in [-0.1, -0.05) is 179 Å². The lowest BCUT2D eigenvalue weighted by molar-refractivity contribution is 0.237. The first kappa shape index (κ1) is 39.1. The van der Waals surface area contributed by atoms with Crippen LogP contribution in [0.5, 0.6) is 5.75 Å². The van der Waals surface area contributed by atoms with Gasteiger partial charge in [0.2, 0.25) is 9.84 Å². The topological polar surface area (TPSA) is 63.6 Å². The highest BCUT2D eigenvalue weighted by Crippen LogP contribution is 2.21. The molecule has 0 aliphatic rings. The smallest absolute Gasteiger partial charge is 0.204 e. The predicted octanol–water partition coefficient (Wildman–Crippen LogP) is 11.9. The molecule has 0 saturated carbocycles. The molecule has 0 bridgehead atoms. The third kappa shape index (κ3) is 18.0. The van der Waals surface area contributed by atoms with Crippen LogP contribution < -0.4 is 4.74 Å². The van der Waals surface area contributed by atoms with Gasteiger partial charge >= 0.3 is 0 Å². The van der Waals surface area contributed by atoms with Crippen LogP contribution in [0.4, 0.5) is 0 Å². The second-order valence-corrected chi connectivity index (χ2v) is 14.9. The van der Waals surface area contributed by atoms with Crippen molar-refractivity contribution in [3.63, 3.8) is 0 Å². The number of rotatable bonds is 28. The van der Waals surface area contributed by atoms with Gasteiger partial charge in [0.25, 0.3) is 0 Å². The van der Waals surface area contributed by atoms with Crippen LogP contribution in [0, 0.1) is 0 Å². The monoisotopic (exact) mass is 640 g/mol. The van der Waals surface area contributed by atoms with Gasteiger partial charge in [0, 0.05) is 0 Å². The Labute approximate surface area is 277 Å². The maximum atomic E-state index is 12.4. The standard InChI is InChI=1S/C40H64O4S/c1-3-5-6-7-8-9-10-11-12-13-14-15-16-17-18-19-20-21-22-23-35-44-38-31-27-36(28-32-38)25-26-37-29-33-39(34-30-37)45(42,43)40(41)24-4-2/h25-34,40-41H,3-24,35H2,1-2H3. The number of sulfone groups is 1. The molecule has 2 aromatic carbocycles. The molecule has 0 spiro atoms. The average molecular weight is 641 g/mol. The Morgan fingerprint density at radius 3 is 1.33 bits per heavy atom. The Kier molecular flexibility index (Phi) is 21.7. The molecule has 5 heteroatoms. The van der Waals surface area contributed by atoms with Crippen molar-refractivity contribution >= 4 is 22.0 Å². The van der Waals surface area contributed by atoms with Crippen LogP contribution >= 0.6 is 0 Å². The van der Waals surface area contributed by atoms with Gasteiger partial charge in [0.15, 0.2) is 5.44 Å². The lowest BCUT2D eigenvalue weighted by Gasteiger charge is -2.11. The van der Waals surface area contributed by atoms with E-state index in [1.807, 2.05) is 43.3 Å². The van der Waals surface area contributed by atoms with Crippen molar-refractivity contribution in [3.05, 3.63) is 59.7 Å². The highest BCUT2D eigenvalue weighted by Gasteiger charge is 2.23. The third-order valence-electron chi connectivity index (χ3n) is 8.72. The predicted molar refractivity (Wildman–Crippen MR) is 193 cm³/mol. The van der Waals surface area contributed by atoms with Gasteiger partial charge in [-0.3, -0.25) is 0 Å². The van der Waals surface area contributed by atoms with Crippen molar-refractivity contribution in [1.29, 1.82) is 0 Å². The van der Waals surface area contributed by atoms with E-state index in [-0.39, 0.29) is 11.3 Å². The summed E-state index contributed by atoms with van der Waals surface area (Å²) in [6.07, 6.45) is 32.6. The zero-order valence-corrected chi connectivity index (χ0v) is 29.5. The van der Waals surface area contributed by atoms with Crippen molar-refractivity contribution in [2.24, 2.45) is 0 Å². The number of unbranched alkanes of at least 4 members (excludes halogenated alkanes) is 19. The molecular weight excluding hydrogens is 577 g/mol. The highest BCUT2D eigenvalue weighted by molar-refractivity contribution is 7.91. The van der Waals surface area contributed by atoms with Gasteiger partial charge in [0.1, 0.15) is 5.75 Å². The van der Waals surface area contributed by atoms with Crippen molar-refractivity contribution in [1.82, 2.24) is 0 Å². The molecule has 2 rings (SSSR count). The van der Waals surface area contributed by atoms with Crippen LogP contribution in [0.1, 0.15) is 166 Å². The van der Waals surface area contributed by atoms with E-state index in [0.29, 0.717) is 6.42 Å². The van der Waals surface area contributed by atoms with Gasteiger partial charge in [-0.2, -0.15) is 0 Å². The second kappa shape index (κ2) is 25.0. The lowest BCUT2D eigenvalue weighted by Crippen LogP contribution is -2.20. The second-order valence-electron chi connectivity index (χ2n) is 12.8. The largest absolute Gasteiger partial charge is 0.494 e. The number of ether oxygens (including phenoxy) is 1. The Balaban J connectivity index is 1.44. The molecular formula is C40H64O4S. The summed E-state index contributed by atoms with van der Waals surface area (Å²) < 4.78 is 30.8. The maximum absolute atomic E-state index is 12.4. The first-order valence-electron chi connectivity index (χ1n) is 18.4. The molecule has 1 N–H and O–H groups in total. The van der Waals surface area contributed by atoms with Crippen LogP contribution in [-0.2, 0) is 9.84 Å². The van der Waals surface area contributed by atoms with E-state index >= 15 is 0 Å². The average Bonchev–Trinajstić information content (AvgIpc) is 3.05. The number of hydrogen-bond donors (Lipinski definition) is 1. The van der Waals surface area contributed by atoms with Crippen LogP contribution in [0.3, 0.4) is 0 Å². The number of aliphatic hydroxyl groups is 1. The van der Waals surface area contributed by atoms with E-state index in [2.05, 4.69) is 6.92 Å². The summed E-state index contributed by atoms with van der Waals surface area (Å²) in [7, 11) is -3.70. The van der Waals surface area contributed by atoms with Gasteiger partial charge in [0.05, 0.1) is 11.5 Å². The Morgan fingerprint density at radius 2 is 0.933 bits per heavy atom. The van der Waals surface area contributed by atoms with E-state index in [1.54, 1.807) is 24.3 Å². The van der Waals surface area contributed by atoms with Crippen LogP contribution in [0.2, 0.25) is 0 Å². The minimum atomic E-state index is -3.70. The van der Waals surface area contributed by atoms with Gasteiger partial charge in [-0.05, 0) is 48.2 Å². The molecule has 0 radical (unpaired) electrons. The molecule has 0 heterocycles. The Bertz CT molecular complexity index is 1110.